The Morgan fingerprint density at radius 3 is 1.82 bits per heavy atom. The smallest absolute Gasteiger partial charge is 0.203 e. The molecule has 0 aliphatic heterocycles. The Morgan fingerprint density at radius 2 is 1.53 bits per heavy atom. The fraction of sp³-hybridized carbons (Fsp3) is 0.500. The van der Waals surface area contributed by atoms with Gasteiger partial charge >= 0.3 is 0 Å². The molecule has 0 aromatic heterocycles. The van der Waals surface area contributed by atoms with Crippen LogP contribution in [0.4, 0.5) is 0 Å². The van der Waals surface area contributed by atoms with Gasteiger partial charge in [-0.05, 0) is 17.7 Å². The molecule has 96 valence electrons. The lowest BCUT2D eigenvalue weighted by atomic mass is 10.1. The molecule has 17 heavy (non-hydrogen) atoms. The van der Waals surface area contributed by atoms with Gasteiger partial charge in [-0.2, -0.15) is 0 Å². The zero-order chi connectivity index (χ0) is 12.8. The van der Waals surface area contributed by atoms with Gasteiger partial charge in [0, 0.05) is 13.7 Å². The van der Waals surface area contributed by atoms with Gasteiger partial charge in [-0.25, -0.2) is 0 Å². The molecule has 1 atom stereocenters. The zero-order valence-electron chi connectivity index (χ0n) is 10.6. The van der Waals surface area contributed by atoms with Crippen LogP contribution in [-0.2, 0) is 4.74 Å². The van der Waals surface area contributed by atoms with Crippen LogP contribution in [0.2, 0.25) is 0 Å². The van der Waals surface area contributed by atoms with Crippen LogP contribution in [0.1, 0.15) is 11.7 Å². The molecule has 1 rings (SSSR count). The molecular weight excluding hydrogens is 222 g/mol. The molecule has 0 saturated carbocycles. The van der Waals surface area contributed by atoms with Crippen LogP contribution >= 0.6 is 0 Å². The lowest BCUT2D eigenvalue weighted by Gasteiger charge is -2.18. The second-order valence-electron chi connectivity index (χ2n) is 3.42. The zero-order valence-corrected chi connectivity index (χ0v) is 10.6. The first-order valence-corrected chi connectivity index (χ1v) is 5.24. The maximum absolute atomic E-state index is 5.63. The number of methoxy groups -OCH3 is 4. The lowest BCUT2D eigenvalue weighted by molar-refractivity contribution is 0.110. The largest absolute Gasteiger partial charge is 0.493 e. The molecule has 1 aromatic rings. The molecule has 1 aromatic carbocycles. The first kappa shape index (κ1) is 13.6. The van der Waals surface area contributed by atoms with E-state index in [1.807, 2.05) is 12.1 Å². The van der Waals surface area contributed by atoms with Crippen LogP contribution in [0.5, 0.6) is 17.2 Å². The molecule has 5 heteroatoms. The summed E-state index contributed by atoms with van der Waals surface area (Å²) in [5.41, 5.74) is 6.52. The topological polar surface area (TPSA) is 62.9 Å². The summed E-state index contributed by atoms with van der Waals surface area (Å²) in [4.78, 5) is 0. The van der Waals surface area contributed by atoms with E-state index < -0.39 is 0 Å². The van der Waals surface area contributed by atoms with Crippen molar-refractivity contribution in [2.45, 2.75) is 6.10 Å². The van der Waals surface area contributed by atoms with Crippen molar-refractivity contribution in [3.63, 3.8) is 0 Å². The van der Waals surface area contributed by atoms with E-state index in [1.165, 1.54) is 0 Å². The van der Waals surface area contributed by atoms with Crippen molar-refractivity contribution in [3.8, 4) is 17.2 Å². The third-order valence-corrected chi connectivity index (χ3v) is 2.56. The van der Waals surface area contributed by atoms with Crippen molar-refractivity contribution in [3.05, 3.63) is 17.7 Å². The number of hydrogen-bond donors (Lipinski definition) is 1. The summed E-state index contributed by atoms with van der Waals surface area (Å²) >= 11 is 0. The highest BCUT2D eigenvalue weighted by Gasteiger charge is 2.17. The quantitative estimate of drug-likeness (QED) is 0.814. The van der Waals surface area contributed by atoms with Gasteiger partial charge in [0.2, 0.25) is 5.75 Å². The lowest BCUT2D eigenvalue weighted by Crippen LogP contribution is -2.14. The Balaban J connectivity index is 3.26. The third kappa shape index (κ3) is 2.81. The SMILES string of the molecule is COc1cc([C@@H](CN)OC)cc(OC)c1OC. The Kier molecular flexibility index (Phi) is 5.06. The van der Waals surface area contributed by atoms with Gasteiger partial charge in [-0.1, -0.05) is 0 Å². The van der Waals surface area contributed by atoms with Gasteiger partial charge in [0.1, 0.15) is 0 Å². The molecule has 0 saturated heterocycles. The second kappa shape index (κ2) is 6.32. The van der Waals surface area contributed by atoms with E-state index in [0.29, 0.717) is 23.8 Å². The third-order valence-electron chi connectivity index (χ3n) is 2.56. The molecule has 0 fully saturated rings. The van der Waals surface area contributed by atoms with Crippen LogP contribution < -0.4 is 19.9 Å². The van der Waals surface area contributed by atoms with Crippen molar-refractivity contribution in [2.24, 2.45) is 5.73 Å². The van der Waals surface area contributed by atoms with Crippen molar-refractivity contribution < 1.29 is 18.9 Å². The van der Waals surface area contributed by atoms with E-state index in [0.717, 1.165) is 5.56 Å². The maximum atomic E-state index is 5.63. The van der Waals surface area contributed by atoms with Gasteiger partial charge in [-0.15, -0.1) is 0 Å². The Bertz CT molecular complexity index is 339. The number of hydrogen-bond acceptors (Lipinski definition) is 5. The van der Waals surface area contributed by atoms with E-state index in [-0.39, 0.29) is 6.10 Å². The monoisotopic (exact) mass is 241 g/mol. The standard InChI is InChI=1S/C12H19NO4/c1-14-9-5-8(11(7-13)16-3)6-10(15-2)12(9)17-4/h5-6,11H,7,13H2,1-4H3/t11-/m1/s1. The summed E-state index contributed by atoms with van der Waals surface area (Å²) in [5.74, 6) is 1.75. The van der Waals surface area contributed by atoms with E-state index in [9.17, 15) is 0 Å². The summed E-state index contributed by atoms with van der Waals surface area (Å²) < 4.78 is 21.0. The minimum absolute atomic E-state index is 0.191. The van der Waals surface area contributed by atoms with Crippen molar-refractivity contribution in [2.75, 3.05) is 35.0 Å². The second-order valence-corrected chi connectivity index (χ2v) is 3.42. The average molecular weight is 241 g/mol. The predicted molar refractivity (Wildman–Crippen MR) is 64.9 cm³/mol. The summed E-state index contributed by atoms with van der Waals surface area (Å²) in [6.07, 6.45) is -0.191. The van der Waals surface area contributed by atoms with E-state index >= 15 is 0 Å². The summed E-state index contributed by atoms with van der Waals surface area (Å²) in [5, 5.41) is 0. The van der Waals surface area contributed by atoms with Crippen LogP contribution in [0.3, 0.4) is 0 Å². The molecule has 0 heterocycles. The van der Waals surface area contributed by atoms with Crippen molar-refractivity contribution in [1.29, 1.82) is 0 Å². The van der Waals surface area contributed by atoms with Crippen LogP contribution in [0.15, 0.2) is 12.1 Å². The minimum atomic E-state index is -0.191. The minimum Gasteiger partial charge on any atom is -0.493 e. The molecule has 0 amide bonds. The molecule has 0 aliphatic rings. The van der Waals surface area contributed by atoms with Crippen molar-refractivity contribution >= 4 is 0 Å². The average Bonchev–Trinajstić information content (AvgIpc) is 2.38. The number of benzene rings is 1. The van der Waals surface area contributed by atoms with Gasteiger partial charge in [0.15, 0.2) is 11.5 Å². The van der Waals surface area contributed by atoms with E-state index in [2.05, 4.69) is 0 Å². The summed E-state index contributed by atoms with van der Waals surface area (Å²) in [7, 11) is 6.33. The fourth-order valence-electron chi connectivity index (χ4n) is 1.66. The van der Waals surface area contributed by atoms with Gasteiger partial charge in [-0.3, -0.25) is 0 Å². The summed E-state index contributed by atoms with van der Waals surface area (Å²) in [6.45, 7) is 0.384. The van der Waals surface area contributed by atoms with Crippen LogP contribution in [0, 0.1) is 0 Å². The molecule has 0 spiro atoms. The molecule has 0 bridgehead atoms. The fourth-order valence-corrected chi connectivity index (χ4v) is 1.66. The maximum Gasteiger partial charge on any atom is 0.203 e. The first-order valence-electron chi connectivity index (χ1n) is 5.24. The van der Waals surface area contributed by atoms with Crippen LogP contribution in [-0.4, -0.2) is 35.0 Å². The number of nitrogens with two attached hydrogens (primary N) is 1. The number of ether oxygens (including phenoxy) is 4. The predicted octanol–water partition coefficient (Wildman–Crippen LogP) is 1.36. The van der Waals surface area contributed by atoms with Gasteiger partial charge in [0.05, 0.1) is 27.4 Å². The van der Waals surface area contributed by atoms with Gasteiger partial charge in [0.25, 0.3) is 0 Å². The van der Waals surface area contributed by atoms with E-state index in [4.69, 9.17) is 24.7 Å². The molecule has 0 aliphatic carbocycles. The Hall–Kier alpha value is -1.46. The molecule has 0 radical (unpaired) electrons. The first-order chi connectivity index (χ1) is 8.21. The number of rotatable bonds is 6. The highest BCUT2D eigenvalue weighted by molar-refractivity contribution is 5.54. The Labute approximate surface area is 101 Å². The molecule has 5 nitrogen and oxygen atoms in total. The molecular formula is C12H19NO4. The normalized spacial score (nSPS) is 12.1. The van der Waals surface area contributed by atoms with Crippen LogP contribution in [0.25, 0.3) is 0 Å². The Morgan fingerprint density at radius 1 is 1.00 bits per heavy atom. The van der Waals surface area contributed by atoms with E-state index in [1.54, 1.807) is 28.4 Å². The molecule has 0 unspecified atom stereocenters. The molecule has 2 N–H and O–H groups in total. The summed E-state index contributed by atoms with van der Waals surface area (Å²) in [6, 6.07) is 3.67. The highest BCUT2D eigenvalue weighted by Crippen LogP contribution is 2.39. The van der Waals surface area contributed by atoms with Gasteiger partial charge < -0.3 is 24.7 Å². The van der Waals surface area contributed by atoms with Crippen molar-refractivity contribution in [1.82, 2.24) is 0 Å². The highest BCUT2D eigenvalue weighted by atomic mass is 16.5.